The predicted octanol–water partition coefficient (Wildman–Crippen LogP) is 3.78. The number of rotatable bonds is 10. The van der Waals surface area contributed by atoms with Gasteiger partial charge in [0.1, 0.15) is 5.75 Å². The molecule has 0 unspecified atom stereocenters. The van der Waals surface area contributed by atoms with Gasteiger partial charge in [-0.25, -0.2) is 8.42 Å². The van der Waals surface area contributed by atoms with E-state index in [9.17, 15) is 8.42 Å². The zero-order valence-electron chi connectivity index (χ0n) is 24.0. The molecule has 41 heavy (non-hydrogen) atoms. The van der Waals surface area contributed by atoms with Gasteiger partial charge in [-0.15, -0.1) is 0 Å². The molecule has 2 N–H and O–H groups in total. The number of aryl methyl sites for hydroxylation is 1. The summed E-state index contributed by atoms with van der Waals surface area (Å²) in [7, 11) is -1.96. The highest BCUT2D eigenvalue weighted by atomic mass is 32.2. The Morgan fingerprint density at radius 2 is 1.93 bits per heavy atom. The van der Waals surface area contributed by atoms with Crippen LogP contribution in [-0.2, 0) is 21.3 Å². The molecule has 2 aliphatic heterocycles. The molecule has 0 bridgehead atoms. The molecule has 2 saturated heterocycles. The Bertz CT molecular complexity index is 1490. The number of pyridine rings is 1. The van der Waals surface area contributed by atoms with Crippen LogP contribution in [0.2, 0.25) is 0 Å². The van der Waals surface area contributed by atoms with Crippen molar-refractivity contribution in [3.05, 3.63) is 71.3 Å². The van der Waals surface area contributed by atoms with Crippen LogP contribution in [0.5, 0.6) is 5.75 Å². The first-order valence-electron chi connectivity index (χ1n) is 13.8. The maximum atomic E-state index is 11.9. The standard InChI is InChI=1S/C29H38N6O4S2/c1-20-18-23(21(2)34(20)13-7-12-33-14-16-39-17-15-33)28-27(25-8-5-6-11-30-25)31-29(40)35(28)22-9-10-24(26(19-22)38-3)32-41(4,36)37/h5-6,8-11,18-19,27-28,32H,7,12-17H2,1-4H3,(H,31,40)/t27-,28-/m0/s1. The van der Waals surface area contributed by atoms with Crippen LogP contribution in [0.3, 0.4) is 0 Å². The number of aromatic nitrogens is 2. The van der Waals surface area contributed by atoms with E-state index in [4.69, 9.17) is 21.7 Å². The molecule has 0 spiro atoms. The topological polar surface area (TPSA) is 101 Å². The lowest BCUT2D eigenvalue weighted by Gasteiger charge is -2.29. The number of hydrogen-bond acceptors (Lipinski definition) is 7. The molecular weight excluding hydrogens is 560 g/mol. The normalized spacial score (nSPS) is 19.8. The highest BCUT2D eigenvalue weighted by molar-refractivity contribution is 7.92. The zero-order valence-corrected chi connectivity index (χ0v) is 25.6. The van der Waals surface area contributed by atoms with Crippen LogP contribution in [-0.4, -0.2) is 74.2 Å². The van der Waals surface area contributed by atoms with Gasteiger partial charge in [-0.3, -0.25) is 14.6 Å². The molecule has 4 heterocycles. The second kappa shape index (κ2) is 12.4. The van der Waals surface area contributed by atoms with E-state index in [2.05, 4.69) is 49.3 Å². The molecule has 2 aliphatic rings. The van der Waals surface area contributed by atoms with Crippen molar-refractivity contribution in [1.82, 2.24) is 19.8 Å². The smallest absolute Gasteiger partial charge is 0.229 e. The second-order valence-electron chi connectivity index (χ2n) is 10.5. The fourth-order valence-electron chi connectivity index (χ4n) is 5.81. The molecular formula is C29H38N6O4S2. The monoisotopic (exact) mass is 598 g/mol. The van der Waals surface area contributed by atoms with E-state index < -0.39 is 10.0 Å². The largest absolute Gasteiger partial charge is 0.494 e. The van der Waals surface area contributed by atoms with Crippen molar-refractivity contribution in [2.75, 3.05) is 55.8 Å². The second-order valence-corrected chi connectivity index (χ2v) is 12.7. The Balaban J connectivity index is 1.50. The Morgan fingerprint density at radius 1 is 1.15 bits per heavy atom. The number of nitrogens with one attached hydrogen (secondary N) is 2. The molecule has 1 aromatic carbocycles. The van der Waals surface area contributed by atoms with Gasteiger partial charge in [0, 0.05) is 55.5 Å². The Hall–Kier alpha value is -3.19. The molecule has 2 aromatic heterocycles. The summed E-state index contributed by atoms with van der Waals surface area (Å²) in [6.45, 7) is 9.88. The summed E-state index contributed by atoms with van der Waals surface area (Å²) in [5.41, 5.74) is 5.60. The Kier molecular flexibility index (Phi) is 8.83. The van der Waals surface area contributed by atoms with Crippen LogP contribution < -0.4 is 19.7 Å². The average molecular weight is 599 g/mol. The lowest BCUT2D eigenvalue weighted by Crippen LogP contribution is -2.37. The number of anilines is 2. The van der Waals surface area contributed by atoms with E-state index in [1.54, 1.807) is 12.3 Å². The van der Waals surface area contributed by atoms with Gasteiger partial charge in [0.2, 0.25) is 10.0 Å². The van der Waals surface area contributed by atoms with Crippen molar-refractivity contribution in [1.29, 1.82) is 0 Å². The van der Waals surface area contributed by atoms with E-state index in [-0.39, 0.29) is 12.1 Å². The fourth-order valence-corrected chi connectivity index (χ4v) is 6.73. The van der Waals surface area contributed by atoms with E-state index >= 15 is 0 Å². The molecule has 0 saturated carbocycles. The first kappa shape index (κ1) is 29.3. The summed E-state index contributed by atoms with van der Waals surface area (Å²) < 4.78 is 39.8. The van der Waals surface area contributed by atoms with Gasteiger partial charge >= 0.3 is 0 Å². The highest BCUT2D eigenvalue weighted by Crippen LogP contribution is 2.44. The van der Waals surface area contributed by atoms with E-state index in [1.165, 1.54) is 18.5 Å². The summed E-state index contributed by atoms with van der Waals surface area (Å²) in [6, 6.07) is 13.2. The van der Waals surface area contributed by atoms with Gasteiger partial charge in [-0.2, -0.15) is 0 Å². The zero-order chi connectivity index (χ0) is 29.1. The quantitative estimate of drug-likeness (QED) is 0.338. The lowest BCUT2D eigenvalue weighted by molar-refractivity contribution is 0.0369. The molecule has 220 valence electrons. The SMILES string of the molecule is COc1cc(N2C(=S)N[C@@H](c3ccccn3)[C@@H]2c2cc(C)n(CCCN3CCOCC3)c2C)ccc1NS(C)(=O)=O. The molecule has 0 aliphatic carbocycles. The predicted molar refractivity (Wildman–Crippen MR) is 165 cm³/mol. The molecule has 10 nitrogen and oxygen atoms in total. The van der Waals surface area contributed by atoms with Crippen molar-refractivity contribution in [2.45, 2.75) is 38.9 Å². The van der Waals surface area contributed by atoms with Gasteiger partial charge in [0.05, 0.1) is 50.0 Å². The third-order valence-electron chi connectivity index (χ3n) is 7.75. The van der Waals surface area contributed by atoms with Crippen LogP contribution in [0, 0.1) is 13.8 Å². The number of nitrogens with zero attached hydrogens (tertiary/aromatic N) is 4. The van der Waals surface area contributed by atoms with Gasteiger partial charge < -0.3 is 24.3 Å². The maximum Gasteiger partial charge on any atom is 0.229 e. The molecule has 2 fully saturated rings. The number of hydrogen-bond donors (Lipinski definition) is 2. The molecule has 3 aromatic rings. The first-order valence-corrected chi connectivity index (χ1v) is 16.1. The molecule has 0 radical (unpaired) electrons. The fraction of sp³-hybridized carbons (Fsp3) is 0.448. The average Bonchev–Trinajstić information content (AvgIpc) is 3.44. The summed E-state index contributed by atoms with van der Waals surface area (Å²) in [6.07, 6.45) is 3.96. The van der Waals surface area contributed by atoms with E-state index in [0.717, 1.165) is 69.0 Å². The number of methoxy groups -OCH3 is 1. The van der Waals surface area contributed by atoms with Crippen LogP contribution in [0.1, 0.15) is 41.1 Å². The van der Waals surface area contributed by atoms with Crippen LogP contribution in [0.4, 0.5) is 11.4 Å². The lowest BCUT2D eigenvalue weighted by atomic mass is 9.96. The Morgan fingerprint density at radius 3 is 2.61 bits per heavy atom. The molecule has 0 amide bonds. The van der Waals surface area contributed by atoms with Crippen molar-refractivity contribution in [2.24, 2.45) is 0 Å². The summed E-state index contributed by atoms with van der Waals surface area (Å²) in [5, 5.41) is 4.08. The maximum absolute atomic E-state index is 11.9. The summed E-state index contributed by atoms with van der Waals surface area (Å²) in [5.74, 6) is 0.407. The van der Waals surface area contributed by atoms with Crippen molar-refractivity contribution in [3.63, 3.8) is 0 Å². The van der Waals surface area contributed by atoms with Gasteiger partial charge in [-0.05, 0) is 68.4 Å². The van der Waals surface area contributed by atoms with Gasteiger partial charge in [0.15, 0.2) is 5.11 Å². The van der Waals surface area contributed by atoms with E-state index in [0.29, 0.717) is 16.5 Å². The summed E-state index contributed by atoms with van der Waals surface area (Å²) in [4.78, 5) is 9.22. The minimum absolute atomic E-state index is 0.185. The number of ether oxygens (including phenoxy) is 2. The van der Waals surface area contributed by atoms with Crippen LogP contribution in [0.25, 0.3) is 0 Å². The van der Waals surface area contributed by atoms with Crippen molar-refractivity contribution < 1.29 is 17.9 Å². The Labute approximate surface area is 247 Å². The molecule has 2 atom stereocenters. The van der Waals surface area contributed by atoms with Crippen molar-refractivity contribution in [3.8, 4) is 5.75 Å². The molecule has 5 rings (SSSR count). The van der Waals surface area contributed by atoms with Crippen molar-refractivity contribution >= 4 is 38.7 Å². The van der Waals surface area contributed by atoms with Crippen LogP contribution >= 0.6 is 12.2 Å². The minimum atomic E-state index is -3.48. The van der Waals surface area contributed by atoms with Gasteiger partial charge in [-0.1, -0.05) is 6.07 Å². The van der Waals surface area contributed by atoms with Crippen LogP contribution in [0.15, 0.2) is 48.7 Å². The van der Waals surface area contributed by atoms with E-state index in [1.807, 2.05) is 30.3 Å². The third kappa shape index (κ3) is 6.50. The first-order chi connectivity index (χ1) is 19.7. The van der Waals surface area contributed by atoms with Gasteiger partial charge in [0.25, 0.3) is 0 Å². The molecule has 12 heteroatoms. The summed E-state index contributed by atoms with van der Waals surface area (Å²) >= 11 is 5.91. The minimum Gasteiger partial charge on any atom is -0.494 e. The number of benzene rings is 1. The highest BCUT2D eigenvalue weighted by Gasteiger charge is 2.42. The number of morpholine rings is 1. The number of sulfonamides is 1. The number of thiocarbonyl (C=S) groups is 1. The third-order valence-corrected chi connectivity index (χ3v) is 8.65.